The Bertz CT molecular complexity index is 486. The van der Waals surface area contributed by atoms with Gasteiger partial charge in [0.2, 0.25) is 0 Å². The highest BCUT2D eigenvalue weighted by Gasteiger charge is 2.37. The molecule has 0 rings (SSSR count). The van der Waals surface area contributed by atoms with Gasteiger partial charge in [0.25, 0.3) is 0 Å². The number of rotatable bonds is 24. The molecule has 0 aliphatic rings. The van der Waals surface area contributed by atoms with Crippen LogP contribution in [0.4, 0.5) is 0 Å². The molecule has 1 unspecified atom stereocenters. The maximum absolute atomic E-state index is 12.0. The van der Waals surface area contributed by atoms with E-state index >= 15 is 0 Å². The SMILES string of the molecule is CCCCCCCCCCC=CC(CCCCCCCCCCCC)(CC(=O)O)C(=O)O. The molecule has 0 saturated heterocycles. The fraction of sp³-hybridized carbons (Fsp3) is 0.857. The molecule has 188 valence electrons. The molecule has 4 heteroatoms. The third-order valence-electron chi connectivity index (χ3n) is 6.53. The highest BCUT2D eigenvalue weighted by Crippen LogP contribution is 2.32. The molecule has 0 amide bonds. The largest absolute Gasteiger partial charge is 0.481 e. The zero-order valence-corrected chi connectivity index (χ0v) is 21.2. The van der Waals surface area contributed by atoms with Gasteiger partial charge in [-0.3, -0.25) is 9.59 Å². The van der Waals surface area contributed by atoms with E-state index < -0.39 is 17.4 Å². The minimum atomic E-state index is -1.26. The van der Waals surface area contributed by atoms with E-state index in [2.05, 4.69) is 13.8 Å². The van der Waals surface area contributed by atoms with Crippen LogP contribution >= 0.6 is 0 Å². The van der Waals surface area contributed by atoms with E-state index in [0.717, 1.165) is 38.5 Å². The number of hydrogen-bond donors (Lipinski definition) is 2. The van der Waals surface area contributed by atoms with Gasteiger partial charge in [0, 0.05) is 0 Å². The zero-order valence-electron chi connectivity index (χ0n) is 21.2. The molecule has 2 N–H and O–H groups in total. The first-order chi connectivity index (χ1) is 15.5. The maximum Gasteiger partial charge on any atom is 0.314 e. The quantitative estimate of drug-likeness (QED) is 0.113. The van der Waals surface area contributed by atoms with Crippen LogP contribution in [-0.4, -0.2) is 22.2 Å². The Morgan fingerprint density at radius 1 is 0.625 bits per heavy atom. The van der Waals surface area contributed by atoms with Gasteiger partial charge in [-0.1, -0.05) is 135 Å². The van der Waals surface area contributed by atoms with Crippen LogP contribution in [0.2, 0.25) is 0 Å². The summed E-state index contributed by atoms with van der Waals surface area (Å²) in [5.74, 6) is -2.03. The van der Waals surface area contributed by atoms with Gasteiger partial charge < -0.3 is 10.2 Å². The van der Waals surface area contributed by atoms with Crippen LogP contribution < -0.4 is 0 Å². The summed E-state index contributed by atoms with van der Waals surface area (Å²) in [6.45, 7) is 4.46. The molecule has 0 spiro atoms. The van der Waals surface area contributed by atoms with Crippen LogP contribution in [0.5, 0.6) is 0 Å². The second-order valence-corrected chi connectivity index (χ2v) is 9.63. The Morgan fingerprint density at radius 2 is 1.03 bits per heavy atom. The first-order valence-corrected chi connectivity index (χ1v) is 13.6. The Kier molecular flexibility index (Phi) is 20.6. The van der Waals surface area contributed by atoms with Crippen molar-refractivity contribution in [3.05, 3.63) is 12.2 Å². The van der Waals surface area contributed by atoms with Crippen molar-refractivity contribution in [3.8, 4) is 0 Å². The number of allylic oxidation sites excluding steroid dienone is 1. The fourth-order valence-corrected chi connectivity index (χ4v) is 4.39. The van der Waals surface area contributed by atoms with Gasteiger partial charge in [0.05, 0.1) is 11.8 Å². The van der Waals surface area contributed by atoms with Gasteiger partial charge in [-0.25, -0.2) is 0 Å². The zero-order chi connectivity index (χ0) is 23.9. The summed E-state index contributed by atoms with van der Waals surface area (Å²) in [7, 11) is 0. The lowest BCUT2D eigenvalue weighted by molar-refractivity contribution is -0.153. The van der Waals surface area contributed by atoms with Crippen LogP contribution in [0.3, 0.4) is 0 Å². The molecule has 1 atom stereocenters. The van der Waals surface area contributed by atoms with E-state index in [-0.39, 0.29) is 6.42 Å². The molecule has 0 aromatic carbocycles. The first-order valence-electron chi connectivity index (χ1n) is 13.6. The third kappa shape index (κ3) is 17.3. The van der Waals surface area contributed by atoms with E-state index in [1.807, 2.05) is 6.08 Å². The highest BCUT2D eigenvalue weighted by atomic mass is 16.4. The average Bonchev–Trinajstić information content (AvgIpc) is 2.75. The molecule has 0 aliphatic carbocycles. The number of hydrogen-bond acceptors (Lipinski definition) is 2. The average molecular weight is 453 g/mol. The van der Waals surface area contributed by atoms with E-state index in [1.165, 1.54) is 83.5 Å². The Labute approximate surface area is 198 Å². The van der Waals surface area contributed by atoms with Crippen molar-refractivity contribution in [1.82, 2.24) is 0 Å². The third-order valence-corrected chi connectivity index (χ3v) is 6.53. The Balaban J connectivity index is 4.26. The molecule has 0 aromatic heterocycles. The van der Waals surface area contributed by atoms with E-state index in [1.54, 1.807) is 6.08 Å². The number of unbranched alkanes of at least 4 members (excludes halogenated alkanes) is 17. The van der Waals surface area contributed by atoms with Crippen molar-refractivity contribution in [1.29, 1.82) is 0 Å². The molecular formula is C28H52O4. The molecule has 0 saturated carbocycles. The second kappa shape index (κ2) is 21.5. The summed E-state index contributed by atoms with van der Waals surface area (Å²) in [5, 5.41) is 19.2. The standard InChI is InChI=1S/C28H52O4/c1-3-5-7-9-11-13-15-17-19-21-23-28(27(31)32,25-26(29)30)24-22-20-18-16-14-12-10-8-6-4-2/h21,23H,3-20,22,24-25H2,1-2H3,(H,29,30)(H,31,32). The molecule has 0 bridgehead atoms. The van der Waals surface area contributed by atoms with Crippen LogP contribution in [-0.2, 0) is 9.59 Å². The van der Waals surface area contributed by atoms with Crippen LogP contribution in [0, 0.1) is 5.41 Å². The predicted molar refractivity (Wildman–Crippen MR) is 135 cm³/mol. The normalized spacial score (nSPS) is 13.4. The van der Waals surface area contributed by atoms with Crippen LogP contribution in [0.15, 0.2) is 12.2 Å². The number of carboxylic acids is 2. The van der Waals surface area contributed by atoms with E-state index in [0.29, 0.717) is 6.42 Å². The summed E-state index contributed by atoms with van der Waals surface area (Å²) < 4.78 is 0. The summed E-state index contributed by atoms with van der Waals surface area (Å²) in [6, 6.07) is 0. The molecule has 4 nitrogen and oxygen atoms in total. The smallest absolute Gasteiger partial charge is 0.314 e. The van der Waals surface area contributed by atoms with Gasteiger partial charge in [-0.15, -0.1) is 0 Å². The topological polar surface area (TPSA) is 74.6 Å². The molecule has 0 aromatic rings. The summed E-state index contributed by atoms with van der Waals surface area (Å²) in [5.41, 5.74) is -1.26. The molecule has 0 fully saturated rings. The van der Waals surface area contributed by atoms with Gasteiger partial charge in [0.15, 0.2) is 0 Å². The van der Waals surface area contributed by atoms with Gasteiger partial charge in [0.1, 0.15) is 0 Å². The summed E-state index contributed by atoms with van der Waals surface area (Å²) in [4.78, 5) is 23.4. The second-order valence-electron chi connectivity index (χ2n) is 9.63. The lowest BCUT2D eigenvalue weighted by Gasteiger charge is -2.24. The number of carboxylic acid groups (broad SMARTS) is 2. The van der Waals surface area contributed by atoms with Crippen molar-refractivity contribution >= 4 is 11.9 Å². The Morgan fingerprint density at radius 3 is 1.44 bits per heavy atom. The van der Waals surface area contributed by atoms with Gasteiger partial charge in [-0.05, 0) is 19.3 Å². The van der Waals surface area contributed by atoms with Crippen molar-refractivity contribution in [3.63, 3.8) is 0 Å². The lowest BCUT2D eigenvalue weighted by atomic mass is 9.78. The minimum absolute atomic E-state index is 0.326. The molecule has 0 radical (unpaired) electrons. The predicted octanol–water partition coefficient (Wildman–Crippen LogP) is 8.93. The van der Waals surface area contributed by atoms with Crippen LogP contribution in [0.1, 0.15) is 149 Å². The minimum Gasteiger partial charge on any atom is -0.481 e. The molecule has 32 heavy (non-hydrogen) atoms. The number of aliphatic carboxylic acids is 2. The lowest BCUT2D eigenvalue weighted by Crippen LogP contribution is -2.31. The van der Waals surface area contributed by atoms with E-state index in [4.69, 9.17) is 0 Å². The summed E-state index contributed by atoms with van der Waals surface area (Å²) >= 11 is 0. The van der Waals surface area contributed by atoms with Crippen molar-refractivity contribution in [2.24, 2.45) is 5.41 Å². The molecule has 0 aliphatic heterocycles. The molecule has 0 heterocycles. The monoisotopic (exact) mass is 452 g/mol. The van der Waals surface area contributed by atoms with Crippen molar-refractivity contribution < 1.29 is 19.8 Å². The van der Waals surface area contributed by atoms with Crippen molar-refractivity contribution in [2.45, 2.75) is 149 Å². The maximum atomic E-state index is 12.0. The Hall–Kier alpha value is -1.32. The van der Waals surface area contributed by atoms with Crippen LogP contribution in [0.25, 0.3) is 0 Å². The van der Waals surface area contributed by atoms with Gasteiger partial charge >= 0.3 is 11.9 Å². The first kappa shape index (κ1) is 30.7. The van der Waals surface area contributed by atoms with Gasteiger partial charge in [-0.2, -0.15) is 0 Å². The van der Waals surface area contributed by atoms with Crippen molar-refractivity contribution in [2.75, 3.05) is 0 Å². The van der Waals surface area contributed by atoms with E-state index in [9.17, 15) is 19.8 Å². The highest BCUT2D eigenvalue weighted by molar-refractivity contribution is 5.83. The molecular weight excluding hydrogens is 400 g/mol. The fourth-order valence-electron chi connectivity index (χ4n) is 4.39. The number of carbonyl (C=O) groups is 2. The summed E-state index contributed by atoms with van der Waals surface area (Å²) in [6.07, 6.45) is 26.3.